The fourth-order valence-corrected chi connectivity index (χ4v) is 1.73. The van der Waals surface area contributed by atoms with Gasteiger partial charge in [0, 0.05) is 11.6 Å². The Hall–Kier alpha value is -1.64. The van der Waals surface area contributed by atoms with E-state index >= 15 is 0 Å². The summed E-state index contributed by atoms with van der Waals surface area (Å²) in [5.41, 5.74) is -1.89. The van der Waals surface area contributed by atoms with Crippen LogP contribution in [0.4, 0.5) is 22.0 Å². The molecule has 0 unspecified atom stereocenters. The van der Waals surface area contributed by atoms with Crippen molar-refractivity contribution >= 4 is 17.6 Å². The highest BCUT2D eigenvalue weighted by Crippen LogP contribution is 2.34. The van der Waals surface area contributed by atoms with Crippen LogP contribution in [-0.2, 0) is 21.8 Å². The first-order valence-electron chi connectivity index (χ1n) is 5.37. The van der Waals surface area contributed by atoms with Gasteiger partial charge in [-0.3, -0.25) is 9.78 Å². The molecule has 0 aliphatic carbocycles. The molecule has 10 heteroatoms. The molecule has 0 amide bonds. The zero-order valence-electron chi connectivity index (χ0n) is 10.5. The van der Waals surface area contributed by atoms with Gasteiger partial charge in [-0.1, -0.05) is 0 Å². The van der Waals surface area contributed by atoms with Crippen LogP contribution in [-0.4, -0.2) is 24.4 Å². The van der Waals surface area contributed by atoms with E-state index in [4.69, 9.17) is 11.6 Å². The number of ether oxygens (including phenoxy) is 2. The van der Waals surface area contributed by atoms with E-state index < -0.39 is 48.1 Å². The Balaban J connectivity index is 3.33. The smallest absolute Gasteiger partial charge is 0.469 e. The number of carbonyl (C=O) groups excluding carboxylic acids is 1. The molecule has 0 aliphatic heterocycles. The van der Waals surface area contributed by atoms with Crippen LogP contribution >= 0.6 is 11.6 Å². The lowest BCUT2D eigenvalue weighted by molar-refractivity contribution is -0.275. The number of pyridine rings is 1. The molecular formula is C11H9ClF5NO3. The van der Waals surface area contributed by atoms with Crippen LogP contribution in [0.25, 0.3) is 0 Å². The zero-order valence-corrected chi connectivity index (χ0v) is 11.3. The Kier molecular flexibility index (Phi) is 5.70. The van der Waals surface area contributed by atoms with Crippen molar-refractivity contribution in [2.24, 2.45) is 0 Å². The largest absolute Gasteiger partial charge is 0.573 e. The molecule has 4 nitrogen and oxygen atoms in total. The van der Waals surface area contributed by atoms with E-state index in [0.717, 1.165) is 13.2 Å². The van der Waals surface area contributed by atoms with Crippen LogP contribution in [0.1, 0.15) is 23.4 Å². The second-order valence-electron chi connectivity index (χ2n) is 3.71. The van der Waals surface area contributed by atoms with Gasteiger partial charge in [-0.2, -0.15) is 0 Å². The number of carbonyl (C=O) groups is 1. The highest BCUT2D eigenvalue weighted by atomic mass is 35.5. The first-order valence-corrected chi connectivity index (χ1v) is 5.90. The lowest BCUT2D eigenvalue weighted by Crippen LogP contribution is -2.19. The fourth-order valence-electron chi connectivity index (χ4n) is 1.46. The van der Waals surface area contributed by atoms with Crippen LogP contribution < -0.4 is 4.74 Å². The maximum Gasteiger partial charge on any atom is 0.573 e. The van der Waals surface area contributed by atoms with Crippen molar-refractivity contribution in [3.05, 3.63) is 23.0 Å². The maximum atomic E-state index is 12.9. The number of hydrogen-bond acceptors (Lipinski definition) is 4. The van der Waals surface area contributed by atoms with Crippen molar-refractivity contribution in [3.63, 3.8) is 0 Å². The van der Waals surface area contributed by atoms with E-state index in [1.54, 1.807) is 0 Å². The van der Waals surface area contributed by atoms with Crippen molar-refractivity contribution < 1.29 is 36.2 Å². The van der Waals surface area contributed by atoms with Gasteiger partial charge < -0.3 is 9.47 Å². The first kappa shape index (κ1) is 17.4. The molecule has 0 saturated carbocycles. The summed E-state index contributed by atoms with van der Waals surface area (Å²) in [6, 6.07) is 0.730. The second kappa shape index (κ2) is 6.88. The van der Waals surface area contributed by atoms with Gasteiger partial charge in [0.15, 0.2) is 0 Å². The third kappa shape index (κ3) is 5.00. The van der Waals surface area contributed by atoms with E-state index in [0.29, 0.717) is 0 Å². The predicted molar refractivity (Wildman–Crippen MR) is 61.2 cm³/mol. The Morgan fingerprint density at radius 3 is 2.48 bits per heavy atom. The minimum absolute atomic E-state index is 0.342. The minimum atomic E-state index is -5.09. The van der Waals surface area contributed by atoms with Crippen molar-refractivity contribution in [2.45, 2.75) is 25.1 Å². The quantitative estimate of drug-likeness (QED) is 0.471. The molecule has 0 bridgehead atoms. The SMILES string of the molecule is COC(=O)Cc1cc(OC(F)(F)F)c(CCl)c(C(F)F)n1. The van der Waals surface area contributed by atoms with Crippen molar-refractivity contribution in [2.75, 3.05) is 7.11 Å². The number of hydrogen-bond donors (Lipinski definition) is 0. The van der Waals surface area contributed by atoms with Crippen LogP contribution in [0, 0.1) is 0 Å². The van der Waals surface area contributed by atoms with E-state index in [9.17, 15) is 26.7 Å². The normalized spacial score (nSPS) is 11.6. The highest BCUT2D eigenvalue weighted by molar-refractivity contribution is 6.17. The molecule has 1 rings (SSSR count). The van der Waals surface area contributed by atoms with Gasteiger partial charge in [0.1, 0.15) is 11.4 Å². The molecule has 21 heavy (non-hydrogen) atoms. The molecule has 0 aromatic carbocycles. The van der Waals surface area contributed by atoms with E-state index in [1.807, 2.05) is 0 Å². The number of rotatable bonds is 5. The minimum Gasteiger partial charge on any atom is -0.469 e. The molecule has 1 aromatic heterocycles. The molecule has 0 spiro atoms. The van der Waals surface area contributed by atoms with Crippen LogP contribution in [0.3, 0.4) is 0 Å². The second-order valence-corrected chi connectivity index (χ2v) is 3.98. The summed E-state index contributed by atoms with van der Waals surface area (Å²) in [6.45, 7) is 0. The number of aromatic nitrogens is 1. The average Bonchev–Trinajstić information content (AvgIpc) is 2.36. The first-order chi connectivity index (χ1) is 9.67. The summed E-state index contributed by atoms with van der Waals surface area (Å²) >= 11 is 5.38. The van der Waals surface area contributed by atoms with Crippen molar-refractivity contribution in [1.29, 1.82) is 0 Å². The third-order valence-electron chi connectivity index (χ3n) is 2.29. The zero-order chi connectivity index (χ0) is 16.2. The monoisotopic (exact) mass is 333 g/mol. The van der Waals surface area contributed by atoms with Gasteiger partial charge in [-0.15, -0.1) is 24.8 Å². The molecule has 0 radical (unpaired) electrons. The Morgan fingerprint density at radius 1 is 1.43 bits per heavy atom. The molecule has 1 heterocycles. The fraction of sp³-hybridized carbons (Fsp3) is 0.455. The Labute approximate surface area is 120 Å². The number of halogens is 6. The van der Waals surface area contributed by atoms with Crippen molar-refractivity contribution in [3.8, 4) is 5.75 Å². The van der Waals surface area contributed by atoms with Gasteiger partial charge in [-0.05, 0) is 0 Å². The summed E-state index contributed by atoms with van der Waals surface area (Å²) < 4.78 is 70.5. The summed E-state index contributed by atoms with van der Waals surface area (Å²) in [5, 5.41) is 0. The number of methoxy groups -OCH3 is 1. The van der Waals surface area contributed by atoms with Crippen LogP contribution in [0.5, 0.6) is 5.75 Å². The van der Waals surface area contributed by atoms with E-state index in [-0.39, 0.29) is 5.69 Å². The highest BCUT2D eigenvalue weighted by Gasteiger charge is 2.34. The summed E-state index contributed by atoms with van der Waals surface area (Å²) in [7, 11) is 1.04. The molecule has 1 aromatic rings. The standard InChI is InChI=1S/C11H9ClF5NO3/c1-20-8(19)3-5-2-7(21-11(15,16)17)6(4-12)9(18-5)10(13)14/h2,10H,3-4H2,1H3. The maximum absolute atomic E-state index is 12.9. The Morgan fingerprint density at radius 2 is 2.05 bits per heavy atom. The van der Waals surface area contributed by atoms with Gasteiger partial charge in [0.25, 0.3) is 6.43 Å². The molecule has 118 valence electrons. The van der Waals surface area contributed by atoms with Gasteiger partial charge in [-0.25, -0.2) is 8.78 Å². The van der Waals surface area contributed by atoms with Gasteiger partial charge >= 0.3 is 12.3 Å². The lowest BCUT2D eigenvalue weighted by atomic mass is 10.1. The molecule has 0 saturated heterocycles. The average molecular weight is 334 g/mol. The summed E-state index contributed by atoms with van der Waals surface area (Å²) in [4.78, 5) is 14.5. The van der Waals surface area contributed by atoms with Crippen LogP contribution in [0.2, 0.25) is 0 Å². The third-order valence-corrected chi connectivity index (χ3v) is 2.55. The van der Waals surface area contributed by atoms with Crippen LogP contribution in [0.15, 0.2) is 6.07 Å². The predicted octanol–water partition coefficient (Wildman–Crippen LogP) is 3.37. The Bertz CT molecular complexity index is 521. The molecule has 0 fully saturated rings. The van der Waals surface area contributed by atoms with Gasteiger partial charge in [0.2, 0.25) is 0 Å². The van der Waals surface area contributed by atoms with E-state index in [1.165, 1.54) is 0 Å². The van der Waals surface area contributed by atoms with Gasteiger partial charge in [0.05, 0.1) is 25.1 Å². The summed E-state index contributed by atoms with van der Waals surface area (Å²) in [5.74, 6) is -2.42. The summed E-state index contributed by atoms with van der Waals surface area (Å²) in [6.07, 6.45) is -8.84. The molecular weight excluding hydrogens is 325 g/mol. The molecule has 0 N–H and O–H groups in total. The topological polar surface area (TPSA) is 48.4 Å². The number of alkyl halides is 6. The lowest BCUT2D eigenvalue weighted by Gasteiger charge is -2.16. The molecule has 0 aliphatic rings. The number of esters is 1. The number of nitrogens with zero attached hydrogens (tertiary/aromatic N) is 1. The van der Waals surface area contributed by atoms with E-state index in [2.05, 4.69) is 14.5 Å². The van der Waals surface area contributed by atoms with Crippen molar-refractivity contribution in [1.82, 2.24) is 4.98 Å². The molecule has 0 atom stereocenters.